The molecule has 0 aliphatic heterocycles. The number of carbonyl (C=O) groups is 2. The van der Waals surface area contributed by atoms with Gasteiger partial charge in [0.25, 0.3) is 0 Å². The summed E-state index contributed by atoms with van der Waals surface area (Å²) in [6.45, 7) is -0.00110. The van der Waals surface area contributed by atoms with E-state index in [0.717, 1.165) is 0 Å². The molecule has 0 aromatic heterocycles. The van der Waals surface area contributed by atoms with Crippen LogP contribution in [0.1, 0.15) is 26.3 Å². The van der Waals surface area contributed by atoms with E-state index in [2.05, 4.69) is 0 Å². The smallest absolute Gasteiger partial charge is 0.339 e. The monoisotopic (exact) mass is 425 g/mol. The van der Waals surface area contributed by atoms with Crippen molar-refractivity contribution in [3.8, 4) is 5.75 Å². The molecule has 0 spiro atoms. The molecule has 0 saturated heterocycles. The molecule has 3 aromatic rings. The summed E-state index contributed by atoms with van der Waals surface area (Å²) in [7, 11) is -3.77. The Kier molecular flexibility index (Phi) is 6.61. The molecule has 0 unspecified atom stereocenters. The molecule has 0 heterocycles. The number of hydrogen-bond acceptors (Lipinski definition) is 6. The predicted molar refractivity (Wildman–Crippen MR) is 110 cm³/mol. The molecule has 2 N–H and O–H groups in total. The van der Waals surface area contributed by atoms with Gasteiger partial charge in [-0.15, -0.1) is 0 Å². The normalized spacial score (nSPS) is 11.0. The van der Waals surface area contributed by atoms with Gasteiger partial charge >= 0.3 is 5.97 Å². The van der Waals surface area contributed by atoms with Crippen LogP contribution in [0.4, 0.5) is 0 Å². The Morgan fingerprint density at radius 3 is 2.00 bits per heavy atom. The summed E-state index contributed by atoms with van der Waals surface area (Å²) >= 11 is 0. The highest BCUT2D eigenvalue weighted by Crippen LogP contribution is 2.17. The maximum atomic E-state index is 12.7. The van der Waals surface area contributed by atoms with E-state index in [1.54, 1.807) is 48.5 Å². The minimum absolute atomic E-state index is 0.0269. The summed E-state index contributed by atoms with van der Waals surface area (Å²) in [6, 6.07) is 20.7. The lowest BCUT2D eigenvalue weighted by Gasteiger charge is -2.10. The first-order chi connectivity index (χ1) is 14.4. The van der Waals surface area contributed by atoms with Gasteiger partial charge in [-0.2, -0.15) is 0 Å². The van der Waals surface area contributed by atoms with Crippen molar-refractivity contribution in [1.29, 1.82) is 0 Å². The van der Waals surface area contributed by atoms with E-state index in [9.17, 15) is 18.0 Å². The van der Waals surface area contributed by atoms with Gasteiger partial charge in [-0.05, 0) is 30.3 Å². The Morgan fingerprint density at radius 1 is 0.767 bits per heavy atom. The molecule has 0 aliphatic carbocycles. The lowest BCUT2D eigenvalue weighted by Crippen LogP contribution is -2.16. The van der Waals surface area contributed by atoms with Gasteiger partial charge in [0.15, 0.2) is 5.78 Å². The van der Waals surface area contributed by atoms with E-state index in [1.165, 1.54) is 30.3 Å². The molecular formula is C22H19NO6S. The Labute approximate surface area is 174 Å². The van der Waals surface area contributed by atoms with Crippen LogP contribution in [0.2, 0.25) is 0 Å². The van der Waals surface area contributed by atoms with Crippen molar-refractivity contribution < 1.29 is 27.5 Å². The lowest BCUT2D eigenvalue weighted by atomic mass is 9.98. The summed E-state index contributed by atoms with van der Waals surface area (Å²) in [5, 5.41) is 5.04. The number of ketones is 1. The second-order valence-corrected chi connectivity index (χ2v) is 7.80. The number of primary sulfonamides is 1. The first-order valence-electron chi connectivity index (χ1n) is 8.98. The highest BCUT2D eigenvalue weighted by Gasteiger charge is 2.19. The van der Waals surface area contributed by atoms with E-state index in [-0.39, 0.29) is 35.0 Å². The number of carbonyl (C=O) groups excluding carboxylic acids is 2. The topological polar surface area (TPSA) is 113 Å². The third-order valence-electron chi connectivity index (χ3n) is 4.17. The van der Waals surface area contributed by atoms with Crippen molar-refractivity contribution in [1.82, 2.24) is 0 Å². The quantitative estimate of drug-likeness (QED) is 0.337. The van der Waals surface area contributed by atoms with Crippen molar-refractivity contribution in [3.63, 3.8) is 0 Å². The van der Waals surface area contributed by atoms with Gasteiger partial charge in [0.1, 0.15) is 19.0 Å². The van der Waals surface area contributed by atoms with E-state index in [1.807, 2.05) is 0 Å². The molecule has 0 saturated carbocycles. The number of nitrogens with two attached hydrogens (primary N) is 1. The van der Waals surface area contributed by atoms with Crippen molar-refractivity contribution in [2.45, 2.75) is 4.90 Å². The summed E-state index contributed by atoms with van der Waals surface area (Å²) in [5.41, 5.74) is 0.904. The SMILES string of the molecule is NS(=O)(=O)c1ccc(OCCOC(=O)c2ccccc2C(=O)c2ccccc2)cc1. The second kappa shape index (κ2) is 9.34. The molecule has 0 amide bonds. The minimum atomic E-state index is -3.77. The van der Waals surface area contributed by atoms with Crippen LogP contribution in [0, 0.1) is 0 Å². The number of benzene rings is 3. The molecule has 8 heteroatoms. The average molecular weight is 425 g/mol. The molecule has 0 radical (unpaired) electrons. The zero-order chi connectivity index (χ0) is 21.6. The number of ether oxygens (including phenoxy) is 2. The number of rotatable bonds is 8. The van der Waals surface area contributed by atoms with Crippen LogP contribution in [-0.2, 0) is 14.8 Å². The van der Waals surface area contributed by atoms with Crippen LogP contribution < -0.4 is 9.88 Å². The lowest BCUT2D eigenvalue weighted by molar-refractivity contribution is 0.0448. The average Bonchev–Trinajstić information content (AvgIpc) is 2.76. The summed E-state index contributed by atoms with van der Waals surface area (Å²) in [5.74, 6) is -0.504. The summed E-state index contributed by atoms with van der Waals surface area (Å²) < 4.78 is 33.1. The van der Waals surface area contributed by atoms with Crippen LogP contribution in [0.5, 0.6) is 5.75 Å². The molecule has 3 aromatic carbocycles. The van der Waals surface area contributed by atoms with Crippen LogP contribution in [0.25, 0.3) is 0 Å². The van der Waals surface area contributed by atoms with Crippen molar-refractivity contribution in [2.75, 3.05) is 13.2 Å². The molecular weight excluding hydrogens is 406 g/mol. The molecule has 30 heavy (non-hydrogen) atoms. The zero-order valence-corrected chi connectivity index (χ0v) is 16.7. The van der Waals surface area contributed by atoms with Crippen LogP contribution in [0.3, 0.4) is 0 Å². The number of esters is 1. The Hall–Kier alpha value is -3.49. The molecule has 0 fully saturated rings. The largest absolute Gasteiger partial charge is 0.490 e. The number of hydrogen-bond donors (Lipinski definition) is 1. The Bertz CT molecular complexity index is 1140. The first kappa shape index (κ1) is 21.2. The van der Waals surface area contributed by atoms with Gasteiger partial charge in [0.2, 0.25) is 10.0 Å². The maximum Gasteiger partial charge on any atom is 0.339 e. The summed E-state index contributed by atoms with van der Waals surface area (Å²) in [4.78, 5) is 25.1. The highest BCUT2D eigenvalue weighted by atomic mass is 32.2. The summed E-state index contributed by atoms with van der Waals surface area (Å²) in [6.07, 6.45) is 0. The molecule has 3 rings (SSSR count). The standard InChI is InChI=1S/C22H19NO6S/c23-30(26,27)18-12-10-17(11-13-18)28-14-15-29-22(25)20-9-5-4-8-19(20)21(24)16-6-2-1-3-7-16/h1-13H,14-15H2,(H2,23,26,27). The van der Waals surface area contributed by atoms with E-state index < -0.39 is 16.0 Å². The highest BCUT2D eigenvalue weighted by molar-refractivity contribution is 7.89. The van der Waals surface area contributed by atoms with Gasteiger partial charge < -0.3 is 9.47 Å². The van der Waals surface area contributed by atoms with Crippen molar-refractivity contribution in [3.05, 3.63) is 95.6 Å². The van der Waals surface area contributed by atoms with Gasteiger partial charge in [0, 0.05) is 11.1 Å². The third kappa shape index (κ3) is 5.31. The fourth-order valence-corrected chi connectivity index (χ4v) is 3.22. The minimum Gasteiger partial charge on any atom is -0.490 e. The molecule has 154 valence electrons. The maximum absolute atomic E-state index is 12.7. The van der Waals surface area contributed by atoms with Crippen LogP contribution >= 0.6 is 0 Å². The predicted octanol–water partition coefficient (Wildman–Crippen LogP) is 2.80. The molecule has 7 nitrogen and oxygen atoms in total. The van der Waals surface area contributed by atoms with Gasteiger partial charge in [-0.25, -0.2) is 18.4 Å². The van der Waals surface area contributed by atoms with Crippen molar-refractivity contribution >= 4 is 21.8 Å². The third-order valence-corrected chi connectivity index (χ3v) is 5.09. The van der Waals surface area contributed by atoms with E-state index >= 15 is 0 Å². The second-order valence-electron chi connectivity index (χ2n) is 6.24. The molecule has 0 atom stereocenters. The van der Waals surface area contributed by atoms with Gasteiger partial charge in [0.05, 0.1) is 10.5 Å². The van der Waals surface area contributed by atoms with Gasteiger partial charge in [-0.1, -0.05) is 48.5 Å². The molecule has 0 bridgehead atoms. The fraction of sp³-hybridized carbons (Fsp3) is 0.0909. The van der Waals surface area contributed by atoms with E-state index in [4.69, 9.17) is 14.6 Å². The van der Waals surface area contributed by atoms with Crippen LogP contribution in [-0.4, -0.2) is 33.4 Å². The van der Waals surface area contributed by atoms with Crippen molar-refractivity contribution in [2.24, 2.45) is 5.14 Å². The zero-order valence-electron chi connectivity index (χ0n) is 15.9. The molecule has 0 aliphatic rings. The Morgan fingerprint density at radius 2 is 1.37 bits per heavy atom. The first-order valence-corrected chi connectivity index (χ1v) is 10.5. The Balaban J connectivity index is 1.59. The number of sulfonamides is 1. The van der Waals surface area contributed by atoms with Gasteiger partial charge in [-0.3, -0.25) is 4.79 Å². The van der Waals surface area contributed by atoms with Crippen LogP contribution in [0.15, 0.2) is 83.8 Å². The van der Waals surface area contributed by atoms with E-state index in [0.29, 0.717) is 11.3 Å². The fourth-order valence-electron chi connectivity index (χ4n) is 2.70.